The van der Waals surface area contributed by atoms with Crippen molar-refractivity contribution in [3.8, 4) is 5.75 Å². The standard InChI is InChI=1S/C11H11ClN2O2/c1-15-8-4-7(5-14-6-8)11(13)9-2-3-10(12)16-9/h2-6,11H,13H2,1H3. The molecule has 0 fully saturated rings. The highest BCUT2D eigenvalue weighted by Crippen LogP contribution is 2.25. The van der Waals surface area contributed by atoms with Crippen molar-refractivity contribution < 1.29 is 9.15 Å². The van der Waals surface area contributed by atoms with E-state index in [2.05, 4.69) is 4.98 Å². The Labute approximate surface area is 98.0 Å². The van der Waals surface area contributed by atoms with Gasteiger partial charge in [-0.05, 0) is 35.4 Å². The number of pyridine rings is 1. The van der Waals surface area contributed by atoms with Gasteiger partial charge < -0.3 is 14.9 Å². The molecule has 84 valence electrons. The van der Waals surface area contributed by atoms with Crippen molar-refractivity contribution in [3.63, 3.8) is 0 Å². The summed E-state index contributed by atoms with van der Waals surface area (Å²) in [6.45, 7) is 0. The molecule has 0 amide bonds. The van der Waals surface area contributed by atoms with Crippen LogP contribution in [0.3, 0.4) is 0 Å². The number of hydrogen-bond donors (Lipinski definition) is 1. The van der Waals surface area contributed by atoms with Gasteiger partial charge >= 0.3 is 0 Å². The molecule has 2 rings (SSSR count). The fraction of sp³-hybridized carbons (Fsp3) is 0.182. The summed E-state index contributed by atoms with van der Waals surface area (Å²) in [7, 11) is 1.58. The number of nitrogens with two attached hydrogens (primary N) is 1. The number of nitrogens with zero attached hydrogens (tertiary/aromatic N) is 1. The molecule has 5 heteroatoms. The Bertz CT molecular complexity index is 484. The smallest absolute Gasteiger partial charge is 0.193 e. The number of methoxy groups -OCH3 is 1. The van der Waals surface area contributed by atoms with E-state index in [1.165, 1.54) is 0 Å². The lowest BCUT2D eigenvalue weighted by atomic mass is 10.1. The zero-order valence-corrected chi connectivity index (χ0v) is 9.44. The highest BCUT2D eigenvalue weighted by Gasteiger charge is 2.13. The summed E-state index contributed by atoms with van der Waals surface area (Å²) < 4.78 is 10.3. The van der Waals surface area contributed by atoms with Gasteiger partial charge in [0, 0.05) is 6.20 Å². The zero-order chi connectivity index (χ0) is 11.5. The molecule has 0 aromatic carbocycles. The van der Waals surface area contributed by atoms with Crippen LogP contribution < -0.4 is 10.5 Å². The van der Waals surface area contributed by atoms with Crippen LogP contribution >= 0.6 is 11.6 Å². The third-order valence-electron chi connectivity index (χ3n) is 2.23. The Morgan fingerprint density at radius 3 is 2.88 bits per heavy atom. The van der Waals surface area contributed by atoms with Gasteiger partial charge in [0.25, 0.3) is 0 Å². The maximum atomic E-state index is 6.01. The number of ether oxygens (including phenoxy) is 1. The quantitative estimate of drug-likeness (QED) is 0.892. The van der Waals surface area contributed by atoms with Crippen molar-refractivity contribution in [2.45, 2.75) is 6.04 Å². The van der Waals surface area contributed by atoms with Gasteiger partial charge in [-0.15, -0.1) is 0 Å². The normalized spacial score (nSPS) is 12.4. The molecule has 0 spiro atoms. The molecule has 0 aliphatic heterocycles. The summed E-state index contributed by atoms with van der Waals surface area (Å²) in [6, 6.07) is 4.82. The molecule has 2 heterocycles. The molecule has 0 radical (unpaired) electrons. The third-order valence-corrected chi connectivity index (χ3v) is 2.43. The zero-order valence-electron chi connectivity index (χ0n) is 8.68. The van der Waals surface area contributed by atoms with Crippen LogP contribution in [0, 0.1) is 0 Å². The number of hydrogen-bond acceptors (Lipinski definition) is 4. The van der Waals surface area contributed by atoms with Crippen molar-refractivity contribution in [2.75, 3.05) is 7.11 Å². The lowest BCUT2D eigenvalue weighted by molar-refractivity contribution is 0.411. The minimum absolute atomic E-state index is 0.321. The predicted molar refractivity (Wildman–Crippen MR) is 60.5 cm³/mol. The monoisotopic (exact) mass is 238 g/mol. The van der Waals surface area contributed by atoms with E-state index in [1.54, 1.807) is 31.6 Å². The van der Waals surface area contributed by atoms with Crippen LogP contribution in [0.4, 0.5) is 0 Å². The Kier molecular flexibility index (Phi) is 3.12. The second-order valence-corrected chi connectivity index (χ2v) is 3.65. The van der Waals surface area contributed by atoms with Gasteiger partial charge in [0.2, 0.25) is 0 Å². The minimum Gasteiger partial charge on any atom is -0.495 e. The van der Waals surface area contributed by atoms with Crippen LogP contribution in [0.2, 0.25) is 5.22 Å². The van der Waals surface area contributed by atoms with Gasteiger partial charge in [0.05, 0.1) is 19.3 Å². The molecule has 2 N–H and O–H groups in total. The van der Waals surface area contributed by atoms with E-state index in [4.69, 9.17) is 26.5 Å². The van der Waals surface area contributed by atoms with Gasteiger partial charge in [-0.1, -0.05) is 0 Å². The van der Waals surface area contributed by atoms with Gasteiger partial charge in [-0.25, -0.2) is 0 Å². The summed E-state index contributed by atoms with van der Waals surface area (Å²) in [4.78, 5) is 4.03. The van der Waals surface area contributed by atoms with E-state index in [0.29, 0.717) is 16.7 Å². The van der Waals surface area contributed by atoms with Gasteiger partial charge in [0.1, 0.15) is 11.5 Å². The van der Waals surface area contributed by atoms with Gasteiger partial charge in [-0.2, -0.15) is 0 Å². The van der Waals surface area contributed by atoms with Crippen LogP contribution in [-0.4, -0.2) is 12.1 Å². The maximum Gasteiger partial charge on any atom is 0.193 e. The first kappa shape index (κ1) is 11.0. The molecule has 1 atom stereocenters. The van der Waals surface area contributed by atoms with Crippen molar-refractivity contribution in [1.82, 2.24) is 4.98 Å². The summed E-state index contributed by atoms with van der Waals surface area (Å²) in [5, 5.41) is 0.321. The second kappa shape index (κ2) is 4.55. The molecule has 2 aromatic rings. The van der Waals surface area contributed by atoms with Crippen LogP contribution in [0.15, 0.2) is 35.0 Å². The highest BCUT2D eigenvalue weighted by molar-refractivity contribution is 6.28. The fourth-order valence-electron chi connectivity index (χ4n) is 1.38. The molecule has 16 heavy (non-hydrogen) atoms. The first-order chi connectivity index (χ1) is 7.70. The molecule has 0 aliphatic carbocycles. The number of aromatic nitrogens is 1. The molecule has 4 nitrogen and oxygen atoms in total. The Morgan fingerprint density at radius 2 is 2.25 bits per heavy atom. The third kappa shape index (κ3) is 2.18. The van der Waals surface area contributed by atoms with Crippen LogP contribution in [0.25, 0.3) is 0 Å². The minimum atomic E-state index is -0.393. The second-order valence-electron chi connectivity index (χ2n) is 3.28. The van der Waals surface area contributed by atoms with Gasteiger partial charge in [0.15, 0.2) is 5.22 Å². The van der Waals surface area contributed by atoms with Crippen molar-refractivity contribution in [1.29, 1.82) is 0 Å². The molecular weight excluding hydrogens is 228 g/mol. The fourth-order valence-corrected chi connectivity index (χ4v) is 1.53. The first-order valence-electron chi connectivity index (χ1n) is 4.70. The largest absolute Gasteiger partial charge is 0.495 e. The van der Waals surface area contributed by atoms with E-state index in [0.717, 1.165) is 5.56 Å². The molecule has 0 bridgehead atoms. The SMILES string of the molecule is COc1cncc(C(N)c2ccc(Cl)o2)c1. The molecule has 0 saturated heterocycles. The predicted octanol–water partition coefficient (Wildman–Crippen LogP) is 2.38. The van der Waals surface area contributed by atoms with Crippen molar-refractivity contribution in [2.24, 2.45) is 5.73 Å². The number of halogens is 1. The summed E-state index contributed by atoms with van der Waals surface area (Å²) >= 11 is 5.69. The summed E-state index contributed by atoms with van der Waals surface area (Å²) in [6.07, 6.45) is 3.29. The number of rotatable bonds is 3. The van der Waals surface area contributed by atoms with E-state index < -0.39 is 6.04 Å². The van der Waals surface area contributed by atoms with E-state index in [-0.39, 0.29) is 0 Å². The highest BCUT2D eigenvalue weighted by atomic mass is 35.5. The van der Waals surface area contributed by atoms with Crippen LogP contribution in [0.1, 0.15) is 17.4 Å². The average Bonchev–Trinajstić information content (AvgIpc) is 2.75. The Morgan fingerprint density at radius 1 is 1.44 bits per heavy atom. The van der Waals surface area contributed by atoms with Crippen molar-refractivity contribution >= 4 is 11.6 Å². The molecule has 1 unspecified atom stereocenters. The topological polar surface area (TPSA) is 61.3 Å². The molecule has 0 aliphatic rings. The Hall–Kier alpha value is -1.52. The molecular formula is C11H11ClN2O2. The summed E-state index contributed by atoms with van der Waals surface area (Å²) in [5.41, 5.74) is 6.82. The number of furan rings is 1. The van der Waals surface area contributed by atoms with Crippen molar-refractivity contribution in [3.05, 3.63) is 47.1 Å². The molecule has 2 aromatic heterocycles. The van der Waals surface area contributed by atoms with E-state index in [1.807, 2.05) is 6.07 Å². The summed E-state index contributed by atoms with van der Waals surface area (Å²) in [5.74, 6) is 1.26. The Balaban J connectivity index is 2.29. The first-order valence-corrected chi connectivity index (χ1v) is 5.08. The van der Waals surface area contributed by atoms with Gasteiger partial charge in [-0.3, -0.25) is 4.98 Å². The van der Waals surface area contributed by atoms with Crippen LogP contribution in [-0.2, 0) is 0 Å². The average molecular weight is 239 g/mol. The van der Waals surface area contributed by atoms with E-state index in [9.17, 15) is 0 Å². The van der Waals surface area contributed by atoms with E-state index >= 15 is 0 Å². The lowest BCUT2D eigenvalue weighted by Crippen LogP contribution is -2.11. The van der Waals surface area contributed by atoms with Crippen LogP contribution in [0.5, 0.6) is 5.75 Å². The molecule has 0 saturated carbocycles. The lowest BCUT2D eigenvalue weighted by Gasteiger charge is -2.09. The maximum absolute atomic E-state index is 6.01.